The van der Waals surface area contributed by atoms with Gasteiger partial charge in [-0.2, -0.15) is 0 Å². The third-order valence-electron chi connectivity index (χ3n) is 4.15. The van der Waals surface area contributed by atoms with E-state index in [1.807, 2.05) is 0 Å². The lowest BCUT2D eigenvalue weighted by Crippen LogP contribution is -2.42. The molecule has 1 aliphatic carbocycles. The summed E-state index contributed by atoms with van der Waals surface area (Å²) in [5, 5.41) is 11.9. The highest BCUT2D eigenvalue weighted by molar-refractivity contribution is 6.33. The Labute approximate surface area is 124 Å². The molecule has 4 heteroatoms. The van der Waals surface area contributed by atoms with Gasteiger partial charge in [0.2, 0.25) is 0 Å². The minimum atomic E-state index is -0.744. The topological polar surface area (TPSA) is 29.5 Å². The molecule has 2 nitrogen and oxygen atoms in total. The Morgan fingerprint density at radius 2 is 2.16 bits per heavy atom. The first-order valence-electron chi connectivity index (χ1n) is 6.66. The molecule has 3 unspecified atom stereocenters. The number of hydrogen-bond acceptors (Lipinski definition) is 2. The van der Waals surface area contributed by atoms with Crippen molar-refractivity contribution in [3.05, 3.63) is 33.8 Å². The average Bonchev–Trinajstić information content (AvgIpc) is 2.40. The van der Waals surface area contributed by atoms with Crippen molar-refractivity contribution in [2.75, 3.05) is 7.11 Å². The van der Waals surface area contributed by atoms with Crippen LogP contribution in [0.4, 0.5) is 0 Å². The molecule has 0 heterocycles. The van der Waals surface area contributed by atoms with Gasteiger partial charge in [-0.1, -0.05) is 43.0 Å². The summed E-state index contributed by atoms with van der Waals surface area (Å²) in [5.74, 6) is 0.543. The van der Waals surface area contributed by atoms with E-state index in [4.69, 9.17) is 27.9 Å². The highest BCUT2D eigenvalue weighted by Crippen LogP contribution is 2.45. The number of rotatable bonds is 3. The quantitative estimate of drug-likeness (QED) is 0.882. The Kier molecular flexibility index (Phi) is 4.78. The summed E-state index contributed by atoms with van der Waals surface area (Å²) >= 11 is 12.2. The van der Waals surface area contributed by atoms with Crippen LogP contribution in [-0.2, 0) is 4.74 Å². The van der Waals surface area contributed by atoms with E-state index in [1.54, 1.807) is 25.3 Å². The molecule has 0 aliphatic heterocycles. The molecule has 1 aromatic rings. The standard InChI is InChI=1S/C15H20Cl2O2/c1-10-4-3-7-15(9-10,19-2)14(18)12-8-11(16)5-6-13(12)17/h5-6,8,10,14,18H,3-4,7,9H2,1-2H3. The summed E-state index contributed by atoms with van der Waals surface area (Å²) in [5.41, 5.74) is 0.108. The van der Waals surface area contributed by atoms with Crippen LogP contribution in [0.15, 0.2) is 18.2 Å². The van der Waals surface area contributed by atoms with E-state index in [0.29, 0.717) is 21.5 Å². The molecule has 3 atom stereocenters. The van der Waals surface area contributed by atoms with Crippen LogP contribution in [0.2, 0.25) is 10.0 Å². The van der Waals surface area contributed by atoms with Crippen LogP contribution in [0.3, 0.4) is 0 Å². The highest BCUT2D eigenvalue weighted by atomic mass is 35.5. The molecule has 1 N–H and O–H groups in total. The van der Waals surface area contributed by atoms with Gasteiger partial charge in [-0.3, -0.25) is 0 Å². The molecule has 19 heavy (non-hydrogen) atoms. The maximum atomic E-state index is 10.8. The SMILES string of the molecule is COC1(C(O)c2cc(Cl)ccc2Cl)CCCC(C)C1. The highest BCUT2D eigenvalue weighted by Gasteiger charge is 2.42. The largest absolute Gasteiger partial charge is 0.385 e. The van der Waals surface area contributed by atoms with Gasteiger partial charge in [0.05, 0.1) is 5.60 Å². The Morgan fingerprint density at radius 3 is 2.79 bits per heavy atom. The van der Waals surface area contributed by atoms with Crippen molar-refractivity contribution in [3.63, 3.8) is 0 Å². The fraction of sp³-hybridized carbons (Fsp3) is 0.600. The first kappa shape index (κ1) is 15.1. The van der Waals surface area contributed by atoms with Crippen molar-refractivity contribution < 1.29 is 9.84 Å². The normalized spacial score (nSPS) is 29.2. The third kappa shape index (κ3) is 3.08. The lowest BCUT2D eigenvalue weighted by atomic mass is 9.74. The zero-order valence-corrected chi connectivity index (χ0v) is 12.8. The van der Waals surface area contributed by atoms with Crippen molar-refractivity contribution in [2.45, 2.75) is 44.3 Å². The Hall–Kier alpha value is -0.280. The minimum Gasteiger partial charge on any atom is -0.385 e. The van der Waals surface area contributed by atoms with E-state index in [1.165, 1.54) is 6.42 Å². The monoisotopic (exact) mass is 302 g/mol. The van der Waals surface area contributed by atoms with Crippen LogP contribution in [0.1, 0.15) is 44.3 Å². The van der Waals surface area contributed by atoms with Gasteiger partial charge in [-0.15, -0.1) is 0 Å². The molecular weight excluding hydrogens is 283 g/mol. The second-order valence-electron chi connectivity index (χ2n) is 5.54. The average molecular weight is 303 g/mol. The number of hydrogen-bond donors (Lipinski definition) is 1. The van der Waals surface area contributed by atoms with Gasteiger partial charge < -0.3 is 9.84 Å². The number of halogens is 2. The maximum Gasteiger partial charge on any atom is 0.109 e. The number of aliphatic hydroxyl groups excluding tert-OH is 1. The molecule has 2 rings (SSSR count). The number of ether oxygens (including phenoxy) is 1. The van der Waals surface area contributed by atoms with Crippen LogP contribution in [-0.4, -0.2) is 17.8 Å². The van der Waals surface area contributed by atoms with Crippen LogP contribution >= 0.6 is 23.2 Å². The van der Waals surface area contributed by atoms with Crippen molar-refractivity contribution >= 4 is 23.2 Å². The predicted octanol–water partition coefficient (Wildman–Crippen LogP) is 4.62. The van der Waals surface area contributed by atoms with Crippen molar-refractivity contribution in [1.82, 2.24) is 0 Å². The molecule has 106 valence electrons. The van der Waals surface area contributed by atoms with Gasteiger partial charge >= 0.3 is 0 Å². The number of methoxy groups -OCH3 is 1. The van der Waals surface area contributed by atoms with Gasteiger partial charge in [0.1, 0.15) is 6.10 Å². The van der Waals surface area contributed by atoms with Crippen LogP contribution < -0.4 is 0 Å². The van der Waals surface area contributed by atoms with Gasteiger partial charge in [0.25, 0.3) is 0 Å². The lowest BCUT2D eigenvalue weighted by molar-refractivity contribution is -0.134. The van der Waals surface area contributed by atoms with E-state index >= 15 is 0 Å². The van der Waals surface area contributed by atoms with Gasteiger partial charge in [0, 0.05) is 22.7 Å². The first-order valence-corrected chi connectivity index (χ1v) is 7.42. The Bertz CT molecular complexity index is 450. The fourth-order valence-electron chi connectivity index (χ4n) is 3.10. The molecule has 0 aromatic heterocycles. The molecule has 1 fully saturated rings. The lowest BCUT2D eigenvalue weighted by Gasteiger charge is -2.42. The summed E-state index contributed by atoms with van der Waals surface area (Å²) in [6, 6.07) is 5.18. The van der Waals surface area contributed by atoms with Crippen molar-refractivity contribution in [2.24, 2.45) is 5.92 Å². The first-order chi connectivity index (χ1) is 8.98. The summed E-state index contributed by atoms with van der Waals surface area (Å²) in [7, 11) is 1.67. The maximum absolute atomic E-state index is 10.8. The molecular formula is C15H20Cl2O2. The van der Waals surface area contributed by atoms with Crippen LogP contribution in [0.5, 0.6) is 0 Å². The van der Waals surface area contributed by atoms with Gasteiger partial charge in [0.15, 0.2) is 0 Å². The molecule has 1 saturated carbocycles. The van der Waals surface area contributed by atoms with E-state index in [2.05, 4.69) is 6.92 Å². The Balaban J connectivity index is 2.34. The summed E-state index contributed by atoms with van der Waals surface area (Å²) in [6.45, 7) is 2.19. The van der Waals surface area contributed by atoms with Crippen LogP contribution in [0.25, 0.3) is 0 Å². The summed E-state index contributed by atoms with van der Waals surface area (Å²) < 4.78 is 5.71. The third-order valence-corrected chi connectivity index (χ3v) is 4.73. The van der Waals surface area contributed by atoms with E-state index in [-0.39, 0.29) is 0 Å². The van der Waals surface area contributed by atoms with E-state index < -0.39 is 11.7 Å². The number of aliphatic hydroxyl groups is 1. The van der Waals surface area contributed by atoms with Gasteiger partial charge in [-0.25, -0.2) is 0 Å². The smallest absolute Gasteiger partial charge is 0.109 e. The van der Waals surface area contributed by atoms with Crippen LogP contribution in [0, 0.1) is 5.92 Å². The van der Waals surface area contributed by atoms with E-state index in [9.17, 15) is 5.11 Å². The molecule has 0 saturated heterocycles. The molecule has 0 bridgehead atoms. The zero-order valence-electron chi connectivity index (χ0n) is 11.3. The molecule has 0 amide bonds. The predicted molar refractivity (Wildman–Crippen MR) is 78.8 cm³/mol. The molecule has 0 radical (unpaired) electrons. The fourth-order valence-corrected chi connectivity index (χ4v) is 3.50. The van der Waals surface area contributed by atoms with Gasteiger partial charge in [-0.05, 0) is 37.0 Å². The second-order valence-corrected chi connectivity index (χ2v) is 6.38. The van der Waals surface area contributed by atoms with Crippen molar-refractivity contribution in [3.8, 4) is 0 Å². The molecule has 1 aliphatic rings. The summed E-state index contributed by atoms with van der Waals surface area (Å²) in [6.07, 6.45) is 3.18. The second kappa shape index (κ2) is 6.01. The van der Waals surface area contributed by atoms with Crippen molar-refractivity contribution in [1.29, 1.82) is 0 Å². The molecule has 1 aromatic carbocycles. The molecule has 0 spiro atoms. The summed E-state index contributed by atoms with van der Waals surface area (Å²) in [4.78, 5) is 0. The number of benzene rings is 1. The minimum absolute atomic E-state index is 0.534. The zero-order chi connectivity index (χ0) is 14.0. The van der Waals surface area contributed by atoms with E-state index in [0.717, 1.165) is 19.3 Å². The Morgan fingerprint density at radius 1 is 1.42 bits per heavy atom.